The van der Waals surface area contributed by atoms with Gasteiger partial charge in [-0.05, 0) is 91.8 Å². The molecule has 3 aromatic rings. The number of benzene rings is 3. The van der Waals surface area contributed by atoms with Crippen LogP contribution in [0, 0.1) is 12.7 Å². The monoisotopic (exact) mass is 492 g/mol. The molecule has 0 N–H and O–H groups in total. The topological polar surface area (TPSA) is 9.23 Å². The summed E-state index contributed by atoms with van der Waals surface area (Å²) < 4.78 is 47.2. The van der Waals surface area contributed by atoms with E-state index in [1.54, 1.807) is 13.8 Å². The first-order valence-electron chi connectivity index (χ1n) is 12.6. The largest absolute Gasteiger partial charge is 0.493 e. The molecule has 0 radical (unpaired) electrons. The highest BCUT2D eigenvalue weighted by Crippen LogP contribution is 2.35. The molecule has 190 valence electrons. The van der Waals surface area contributed by atoms with E-state index < -0.39 is 17.8 Å². The summed E-state index contributed by atoms with van der Waals surface area (Å²) in [5.41, 5.74) is 4.90. The van der Waals surface area contributed by atoms with Gasteiger partial charge in [-0.1, -0.05) is 66.8 Å². The Balaban J connectivity index is 1.62. The van der Waals surface area contributed by atoms with Crippen LogP contribution in [0.2, 0.25) is 0 Å². The number of ether oxygens (including phenoxy) is 1. The van der Waals surface area contributed by atoms with Crippen molar-refractivity contribution in [2.24, 2.45) is 0 Å². The Kier molecular flexibility index (Phi) is 10.4. The van der Waals surface area contributed by atoms with Crippen molar-refractivity contribution >= 4 is 0 Å². The van der Waals surface area contributed by atoms with Crippen molar-refractivity contribution in [2.45, 2.75) is 58.8 Å². The first-order chi connectivity index (χ1) is 17.4. The van der Waals surface area contributed by atoms with Crippen LogP contribution in [-0.4, -0.2) is 6.61 Å². The number of halogens is 3. The van der Waals surface area contributed by atoms with E-state index in [2.05, 4.69) is 55.1 Å². The van der Waals surface area contributed by atoms with Crippen LogP contribution in [0.15, 0.2) is 79.4 Å². The van der Waals surface area contributed by atoms with Gasteiger partial charge in [-0.25, -0.2) is 13.2 Å². The fourth-order valence-corrected chi connectivity index (χ4v) is 4.29. The van der Waals surface area contributed by atoms with Crippen LogP contribution in [0.25, 0.3) is 11.1 Å². The third kappa shape index (κ3) is 7.36. The van der Waals surface area contributed by atoms with Crippen molar-refractivity contribution in [1.82, 2.24) is 0 Å². The minimum absolute atomic E-state index is 0.0680. The Labute approximate surface area is 213 Å². The molecule has 36 heavy (non-hydrogen) atoms. The van der Waals surface area contributed by atoms with Crippen LogP contribution in [0.3, 0.4) is 0 Å². The molecule has 0 bridgehead atoms. The average Bonchev–Trinajstić information content (AvgIpc) is 2.86. The maximum Gasteiger partial charge on any atom is 0.270 e. The Bertz CT molecular complexity index is 1150. The maximum atomic E-state index is 15.0. The lowest BCUT2D eigenvalue weighted by Crippen LogP contribution is -2.07. The minimum atomic E-state index is -2.92. The van der Waals surface area contributed by atoms with Crippen molar-refractivity contribution in [3.63, 3.8) is 0 Å². The summed E-state index contributed by atoms with van der Waals surface area (Å²) in [5.74, 6) is -0.918. The zero-order chi connectivity index (χ0) is 25.9. The molecule has 1 nitrogen and oxygen atoms in total. The number of hydrogen-bond acceptors (Lipinski definition) is 1. The molecule has 0 saturated heterocycles. The molecule has 0 amide bonds. The van der Waals surface area contributed by atoms with Gasteiger partial charge in [-0.3, -0.25) is 0 Å². The molecule has 0 atom stereocenters. The molecule has 0 spiro atoms. The molecule has 0 aliphatic rings. The van der Waals surface area contributed by atoms with Gasteiger partial charge in [0.05, 0.1) is 12.2 Å². The predicted molar refractivity (Wildman–Crippen MR) is 143 cm³/mol. The molecule has 0 fully saturated rings. The lowest BCUT2D eigenvalue weighted by Gasteiger charge is -2.16. The third-order valence-corrected chi connectivity index (χ3v) is 6.32. The average molecular weight is 493 g/mol. The van der Waals surface area contributed by atoms with Crippen LogP contribution < -0.4 is 4.74 Å². The number of unbranched alkanes of at least 4 members (excludes halogenated alkanes) is 1. The highest BCUT2D eigenvalue weighted by molar-refractivity contribution is 5.64. The number of aryl methyl sites for hydroxylation is 3. The van der Waals surface area contributed by atoms with Gasteiger partial charge in [0.15, 0.2) is 0 Å². The second kappa shape index (κ2) is 13.7. The predicted octanol–water partition coefficient (Wildman–Crippen LogP) is 9.38. The maximum absolute atomic E-state index is 15.0. The standard InChI is InChI=1S/C32H35F3O/c1-4-6-7-8-9-10-11-24-12-17-26(18-13-24)27-19-14-25(15-20-27)16-21-28-23(3)22-29(36-5-2)30(31(28)33)32(34)35/h4,8-9,12-15,17-20,22,32H,1,5-7,10-11,16,21H2,2-3H3. The Morgan fingerprint density at radius 3 is 1.97 bits per heavy atom. The summed E-state index contributed by atoms with van der Waals surface area (Å²) in [7, 11) is 0. The minimum Gasteiger partial charge on any atom is -0.493 e. The van der Waals surface area contributed by atoms with Gasteiger partial charge in [0.2, 0.25) is 0 Å². The second-order valence-electron chi connectivity index (χ2n) is 8.90. The SMILES string of the molecule is C=CCCC=CCCc1ccc(-c2ccc(CCc3c(C)cc(OCC)c(C(F)F)c3F)cc2)cc1. The summed E-state index contributed by atoms with van der Waals surface area (Å²) in [6, 6.07) is 18.3. The molecule has 3 aromatic carbocycles. The first kappa shape index (κ1) is 27.3. The molecule has 0 heterocycles. The summed E-state index contributed by atoms with van der Waals surface area (Å²) in [6.45, 7) is 7.38. The Morgan fingerprint density at radius 1 is 0.833 bits per heavy atom. The molecule has 0 aromatic heterocycles. The number of rotatable bonds is 13. The Hall–Kier alpha value is -3.27. The van der Waals surface area contributed by atoms with Gasteiger partial charge < -0.3 is 4.74 Å². The van der Waals surface area contributed by atoms with Gasteiger partial charge in [0.25, 0.3) is 6.43 Å². The Morgan fingerprint density at radius 2 is 1.42 bits per heavy atom. The summed E-state index contributed by atoms with van der Waals surface area (Å²) in [4.78, 5) is 0. The zero-order valence-electron chi connectivity index (χ0n) is 21.2. The van der Waals surface area contributed by atoms with E-state index in [0.717, 1.165) is 42.4 Å². The molecule has 0 aliphatic carbocycles. The highest BCUT2D eigenvalue weighted by atomic mass is 19.3. The lowest BCUT2D eigenvalue weighted by molar-refractivity contribution is 0.140. The smallest absolute Gasteiger partial charge is 0.270 e. The van der Waals surface area contributed by atoms with Crippen molar-refractivity contribution in [3.8, 4) is 16.9 Å². The van der Waals surface area contributed by atoms with Crippen LogP contribution >= 0.6 is 0 Å². The van der Waals surface area contributed by atoms with E-state index in [1.807, 2.05) is 18.2 Å². The van der Waals surface area contributed by atoms with Gasteiger partial charge >= 0.3 is 0 Å². The summed E-state index contributed by atoms with van der Waals surface area (Å²) in [6.07, 6.45) is 8.46. The van der Waals surface area contributed by atoms with Crippen molar-refractivity contribution in [3.05, 3.63) is 113 Å². The van der Waals surface area contributed by atoms with E-state index in [9.17, 15) is 13.2 Å². The van der Waals surface area contributed by atoms with E-state index in [0.29, 0.717) is 24.0 Å². The zero-order valence-corrected chi connectivity index (χ0v) is 21.2. The van der Waals surface area contributed by atoms with Gasteiger partial charge in [-0.2, -0.15) is 0 Å². The van der Waals surface area contributed by atoms with Gasteiger partial charge in [0, 0.05) is 0 Å². The van der Waals surface area contributed by atoms with Crippen LogP contribution in [0.5, 0.6) is 5.75 Å². The molecular weight excluding hydrogens is 457 g/mol. The van der Waals surface area contributed by atoms with Crippen molar-refractivity contribution in [2.75, 3.05) is 6.61 Å². The summed E-state index contributed by atoms with van der Waals surface area (Å²) in [5, 5.41) is 0. The van der Waals surface area contributed by atoms with E-state index >= 15 is 0 Å². The number of alkyl halides is 2. The molecule has 0 saturated carbocycles. The molecule has 0 unspecified atom stereocenters. The van der Waals surface area contributed by atoms with Crippen LogP contribution in [0.1, 0.15) is 60.4 Å². The normalized spacial score (nSPS) is 11.4. The fraction of sp³-hybridized carbons (Fsp3) is 0.312. The van der Waals surface area contributed by atoms with Gasteiger partial charge in [-0.15, -0.1) is 6.58 Å². The van der Waals surface area contributed by atoms with E-state index in [-0.39, 0.29) is 12.4 Å². The number of allylic oxidation sites excluding steroid dienone is 3. The fourth-order valence-electron chi connectivity index (χ4n) is 4.29. The molecule has 3 rings (SSSR count). The molecule has 4 heteroatoms. The van der Waals surface area contributed by atoms with E-state index in [1.165, 1.54) is 11.6 Å². The van der Waals surface area contributed by atoms with Crippen molar-refractivity contribution < 1.29 is 17.9 Å². The van der Waals surface area contributed by atoms with Crippen LogP contribution in [0.4, 0.5) is 13.2 Å². The highest BCUT2D eigenvalue weighted by Gasteiger charge is 2.24. The van der Waals surface area contributed by atoms with Gasteiger partial charge in [0.1, 0.15) is 11.6 Å². The van der Waals surface area contributed by atoms with E-state index in [4.69, 9.17) is 4.74 Å². The lowest BCUT2D eigenvalue weighted by atomic mass is 9.95. The third-order valence-electron chi connectivity index (χ3n) is 6.32. The first-order valence-corrected chi connectivity index (χ1v) is 12.6. The summed E-state index contributed by atoms with van der Waals surface area (Å²) >= 11 is 0. The molecule has 0 aliphatic heterocycles. The quantitative estimate of drug-likeness (QED) is 0.171. The van der Waals surface area contributed by atoms with Crippen molar-refractivity contribution in [1.29, 1.82) is 0 Å². The number of hydrogen-bond donors (Lipinski definition) is 0. The molecular formula is C32H35F3O. The van der Waals surface area contributed by atoms with Crippen LogP contribution in [-0.2, 0) is 19.3 Å². The second-order valence-corrected chi connectivity index (χ2v) is 8.90.